The molecule has 3 aromatic rings. The third kappa shape index (κ3) is 4.58. The van der Waals surface area contributed by atoms with E-state index in [2.05, 4.69) is 20.4 Å². The van der Waals surface area contributed by atoms with Crippen LogP contribution in [0, 0.1) is 12.7 Å². The van der Waals surface area contributed by atoms with Crippen LogP contribution in [-0.4, -0.2) is 78.5 Å². The van der Waals surface area contributed by atoms with E-state index in [4.69, 9.17) is 4.74 Å². The molecule has 1 fully saturated rings. The molecule has 2 N–H and O–H groups in total. The summed E-state index contributed by atoms with van der Waals surface area (Å²) in [4.78, 5) is 48.3. The topological polar surface area (TPSA) is 144 Å². The van der Waals surface area contributed by atoms with Gasteiger partial charge in [0.1, 0.15) is 29.5 Å². The number of aliphatic hydroxyl groups is 1. The van der Waals surface area contributed by atoms with Gasteiger partial charge in [-0.25, -0.2) is 19.0 Å². The van der Waals surface area contributed by atoms with Gasteiger partial charge in [-0.15, -0.1) is 0 Å². The molecule has 0 saturated carbocycles. The van der Waals surface area contributed by atoms with Crippen LogP contribution in [0.2, 0.25) is 0 Å². The molecular formula is C25H28FN7O5. The third-order valence-electron chi connectivity index (χ3n) is 7.24. The van der Waals surface area contributed by atoms with Crippen molar-refractivity contribution in [1.29, 1.82) is 0 Å². The lowest BCUT2D eigenvalue weighted by molar-refractivity contribution is -0.135. The lowest BCUT2D eigenvalue weighted by atomic mass is 9.75. The number of hydrogen-bond acceptors (Lipinski definition) is 8. The number of halogens is 1. The molecule has 2 aromatic heterocycles. The maximum absolute atomic E-state index is 14.0. The monoisotopic (exact) mass is 525 g/mol. The van der Waals surface area contributed by atoms with Crippen LogP contribution < -0.4 is 10.9 Å². The van der Waals surface area contributed by atoms with Crippen molar-refractivity contribution in [3.05, 3.63) is 69.7 Å². The summed E-state index contributed by atoms with van der Waals surface area (Å²) >= 11 is 0. The van der Waals surface area contributed by atoms with Crippen LogP contribution in [0.25, 0.3) is 5.69 Å². The van der Waals surface area contributed by atoms with Crippen molar-refractivity contribution in [2.45, 2.75) is 44.9 Å². The maximum Gasteiger partial charge on any atom is 0.270 e. The zero-order valence-electron chi connectivity index (χ0n) is 21.1. The predicted octanol–water partition coefficient (Wildman–Crippen LogP) is 0.0826. The van der Waals surface area contributed by atoms with Crippen molar-refractivity contribution in [3.8, 4) is 5.69 Å². The standard InChI is InChI=1S/C25H28FN7O5/c1-15-28-14-29-33(15)20-9-18(26)4-3-17(20)11-27-23(37)19-10-22(36)32-7-8-38-13-25(24(32)30-19)5-6-31(16(2)34)12-21(25)35/h3-4,9-10,14,21,35H,5-8,11-13H2,1-2H3,(H,27,37). The lowest BCUT2D eigenvalue weighted by Crippen LogP contribution is -2.58. The molecule has 0 radical (unpaired) electrons. The fraction of sp³-hybridized carbons (Fsp3) is 0.440. The van der Waals surface area contributed by atoms with Gasteiger partial charge in [0.2, 0.25) is 5.91 Å². The fourth-order valence-corrected chi connectivity index (χ4v) is 5.07. The number of aromatic nitrogens is 5. The van der Waals surface area contributed by atoms with E-state index >= 15 is 0 Å². The Balaban J connectivity index is 1.45. The summed E-state index contributed by atoms with van der Waals surface area (Å²) in [6, 6.07) is 5.27. The normalized spacial score (nSPS) is 21.2. The van der Waals surface area contributed by atoms with Crippen molar-refractivity contribution in [2.75, 3.05) is 26.3 Å². The molecule has 4 heterocycles. The number of hydrogen-bond donors (Lipinski definition) is 2. The Morgan fingerprint density at radius 2 is 2.11 bits per heavy atom. The van der Waals surface area contributed by atoms with Gasteiger partial charge < -0.3 is 20.1 Å². The number of carbonyl (C=O) groups is 2. The number of benzene rings is 1. The number of β-amino-alcohol motifs (C(OH)–C–C–N with tert-alkyl or cyclic N) is 1. The Hall–Kier alpha value is -3.97. The molecule has 2 unspecified atom stereocenters. The smallest absolute Gasteiger partial charge is 0.270 e. The van der Waals surface area contributed by atoms with Gasteiger partial charge in [-0.1, -0.05) is 6.07 Å². The molecule has 38 heavy (non-hydrogen) atoms. The molecule has 200 valence electrons. The highest BCUT2D eigenvalue weighted by atomic mass is 19.1. The molecule has 1 spiro atoms. The number of rotatable bonds is 4. The van der Waals surface area contributed by atoms with Gasteiger partial charge in [0.25, 0.3) is 11.5 Å². The Morgan fingerprint density at radius 1 is 1.29 bits per heavy atom. The van der Waals surface area contributed by atoms with Gasteiger partial charge in [0.15, 0.2) is 0 Å². The molecule has 2 atom stereocenters. The molecule has 2 aliphatic heterocycles. The van der Waals surface area contributed by atoms with E-state index in [1.807, 2.05) is 0 Å². The zero-order chi connectivity index (χ0) is 27.0. The molecule has 2 amide bonds. The average molecular weight is 526 g/mol. The molecular weight excluding hydrogens is 497 g/mol. The summed E-state index contributed by atoms with van der Waals surface area (Å²) in [5, 5.41) is 18.0. The summed E-state index contributed by atoms with van der Waals surface area (Å²) in [6.45, 7) is 4.18. The highest BCUT2D eigenvalue weighted by Gasteiger charge is 2.49. The average Bonchev–Trinajstić information content (AvgIpc) is 3.22. The van der Waals surface area contributed by atoms with Crippen molar-refractivity contribution >= 4 is 11.8 Å². The fourth-order valence-electron chi connectivity index (χ4n) is 5.07. The van der Waals surface area contributed by atoms with Crippen LogP contribution in [-0.2, 0) is 28.0 Å². The zero-order valence-corrected chi connectivity index (χ0v) is 21.1. The van der Waals surface area contributed by atoms with Gasteiger partial charge in [0, 0.05) is 32.6 Å². The SMILES string of the molecule is CC(=O)N1CCC2(COCCn3c2nc(C(=O)NCc2ccc(F)cc2-n2ncnc2C)cc3=O)C(O)C1. The Labute approximate surface area is 217 Å². The lowest BCUT2D eigenvalue weighted by Gasteiger charge is -2.44. The van der Waals surface area contributed by atoms with Gasteiger partial charge in [-0.3, -0.25) is 19.0 Å². The van der Waals surface area contributed by atoms with E-state index in [0.717, 1.165) is 6.07 Å². The summed E-state index contributed by atoms with van der Waals surface area (Å²) < 4.78 is 22.7. The number of piperidine rings is 1. The van der Waals surface area contributed by atoms with Crippen LogP contribution >= 0.6 is 0 Å². The first kappa shape index (κ1) is 25.7. The number of fused-ring (bicyclic) bond motifs is 2. The number of aliphatic hydroxyl groups excluding tert-OH is 1. The highest BCUT2D eigenvalue weighted by molar-refractivity contribution is 5.92. The van der Waals surface area contributed by atoms with Gasteiger partial charge in [-0.05, 0) is 31.0 Å². The molecule has 1 saturated heterocycles. The molecule has 0 aliphatic carbocycles. The van der Waals surface area contributed by atoms with Crippen molar-refractivity contribution in [1.82, 2.24) is 34.5 Å². The first-order valence-corrected chi connectivity index (χ1v) is 12.3. The summed E-state index contributed by atoms with van der Waals surface area (Å²) in [6.07, 6.45) is 0.633. The first-order chi connectivity index (χ1) is 18.2. The molecule has 13 heteroatoms. The van der Waals surface area contributed by atoms with Crippen LogP contribution in [0.5, 0.6) is 0 Å². The minimum absolute atomic E-state index is 0.0122. The minimum Gasteiger partial charge on any atom is -0.390 e. The van der Waals surface area contributed by atoms with Gasteiger partial charge in [-0.2, -0.15) is 5.10 Å². The molecule has 5 rings (SSSR count). The first-order valence-electron chi connectivity index (χ1n) is 12.3. The van der Waals surface area contributed by atoms with E-state index in [-0.39, 0.29) is 50.3 Å². The van der Waals surface area contributed by atoms with Crippen LogP contribution in [0.15, 0.2) is 35.4 Å². The van der Waals surface area contributed by atoms with Crippen LogP contribution in [0.1, 0.15) is 41.0 Å². The van der Waals surface area contributed by atoms with Gasteiger partial charge >= 0.3 is 0 Å². The molecule has 2 aliphatic rings. The summed E-state index contributed by atoms with van der Waals surface area (Å²) in [7, 11) is 0. The minimum atomic E-state index is -1.05. The van der Waals surface area contributed by atoms with E-state index in [0.29, 0.717) is 30.0 Å². The number of likely N-dealkylation sites (tertiary alicyclic amines) is 1. The number of ether oxygens (including phenoxy) is 1. The summed E-state index contributed by atoms with van der Waals surface area (Å²) in [5.74, 6) is -0.415. The highest BCUT2D eigenvalue weighted by Crippen LogP contribution is 2.36. The number of nitrogens with one attached hydrogen (secondary N) is 1. The van der Waals surface area contributed by atoms with Crippen molar-refractivity contribution in [2.24, 2.45) is 0 Å². The second-order valence-corrected chi connectivity index (χ2v) is 9.57. The van der Waals surface area contributed by atoms with Crippen molar-refractivity contribution in [3.63, 3.8) is 0 Å². The molecule has 0 bridgehead atoms. The van der Waals surface area contributed by atoms with Crippen LogP contribution in [0.4, 0.5) is 4.39 Å². The second-order valence-electron chi connectivity index (χ2n) is 9.57. The quantitative estimate of drug-likeness (QED) is 0.488. The van der Waals surface area contributed by atoms with Crippen molar-refractivity contribution < 1.29 is 23.8 Å². The number of aryl methyl sites for hydroxylation is 1. The second kappa shape index (κ2) is 10.1. The maximum atomic E-state index is 14.0. The van der Waals surface area contributed by atoms with E-state index < -0.39 is 28.8 Å². The number of nitrogens with zero attached hydrogens (tertiary/aromatic N) is 6. The summed E-state index contributed by atoms with van der Waals surface area (Å²) in [5.41, 5.74) is -0.591. The van der Waals surface area contributed by atoms with Crippen LogP contribution in [0.3, 0.4) is 0 Å². The predicted molar refractivity (Wildman–Crippen MR) is 131 cm³/mol. The van der Waals surface area contributed by atoms with Gasteiger partial charge in [0.05, 0.1) is 37.0 Å². The van der Waals surface area contributed by atoms with E-state index in [1.165, 1.54) is 45.6 Å². The Kier molecular flexibility index (Phi) is 6.80. The molecule has 1 aromatic carbocycles. The largest absolute Gasteiger partial charge is 0.390 e. The van der Waals surface area contributed by atoms with E-state index in [9.17, 15) is 23.9 Å². The third-order valence-corrected chi connectivity index (χ3v) is 7.24. The molecule has 12 nitrogen and oxygen atoms in total. The number of carbonyl (C=O) groups excluding carboxylic acids is 2. The Bertz CT molecular complexity index is 1450. The number of amides is 2. The Morgan fingerprint density at radius 3 is 2.82 bits per heavy atom. The van der Waals surface area contributed by atoms with E-state index in [1.54, 1.807) is 6.92 Å².